The highest BCUT2D eigenvalue weighted by Gasteiger charge is 2.25. The number of phosphoric ester groups is 2. The molecule has 9 nitrogen and oxygen atoms in total. The molecule has 11 heteroatoms. The Morgan fingerprint density at radius 3 is 0.743 bits per heavy atom. The molecule has 4 aromatic rings. The predicted molar refractivity (Wildman–Crippen MR) is 132 cm³/mol. The maximum atomic E-state index is 11.7. The molecule has 0 amide bonds. The average Bonchev–Trinajstić information content (AvgIpc) is 2.81. The highest BCUT2D eigenvalue weighted by Crippen LogP contribution is 2.45. The molecular formula is C24H24O9P2. The van der Waals surface area contributed by atoms with E-state index in [-0.39, 0.29) is 28.5 Å². The summed E-state index contributed by atoms with van der Waals surface area (Å²) in [6.45, 7) is 0. The predicted octanol–water partition coefficient (Wildman–Crippen LogP) is 5.66. The van der Waals surface area contributed by atoms with Crippen molar-refractivity contribution >= 4 is 15.6 Å². The van der Waals surface area contributed by atoms with Gasteiger partial charge >= 0.3 is 15.6 Å². The monoisotopic (exact) mass is 518 g/mol. The lowest BCUT2D eigenvalue weighted by Crippen LogP contribution is -1.99. The fraction of sp³-hybridized carbons (Fsp3) is 0. The van der Waals surface area contributed by atoms with Crippen LogP contribution in [0.4, 0.5) is 0 Å². The summed E-state index contributed by atoms with van der Waals surface area (Å²) in [5.41, 5.74) is 0. The van der Waals surface area contributed by atoms with Gasteiger partial charge in [0, 0.05) is 0 Å². The average molecular weight is 518 g/mol. The zero-order chi connectivity index (χ0) is 24.3. The maximum absolute atomic E-state index is 11.7. The van der Waals surface area contributed by atoms with Gasteiger partial charge in [-0.15, -0.1) is 0 Å². The van der Waals surface area contributed by atoms with Crippen LogP contribution in [0.25, 0.3) is 0 Å². The molecule has 0 atom stereocenters. The molecule has 0 bridgehead atoms. The lowest BCUT2D eigenvalue weighted by atomic mass is 10.3. The number of hydrogen-bond donors (Lipinski definition) is 2. The van der Waals surface area contributed by atoms with Crippen molar-refractivity contribution in [2.24, 2.45) is 0 Å². The van der Waals surface area contributed by atoms with Gasteiger partial charge in [0.05, 0.1) is 0 Å². The first-order chi connectivity index (χ1) is 16.3. The highest BCUT2D eigenvalue weighted by molar-refractivity contribution is 7.48. The van der Waals surface area contributed by atoms with Crippen LogP contribution in [0, 0.1) is 0 Å². The van der Waals surface area contributed by atoms with Crippen molar-refractivity contribution in [3.8, 4) is 23.0 Å². The van der Waals surface area contributed by atoms with Gasteiger partial charge in [-0.2, -0.15) is 0 Å². The number of benzene rings is 4. The summed E-state index contributed by atoms with van der Waals surface area (Å²) < 4.78 is 42.9. The van der Waals surface area contributed by atoms with Crippen LogP contribution in [0.2, 0.25) is 0 Å². The Bertz CT molecular complexity index is 1040. The van der Waals surface area contributed by atoms with E-state index >= 15 is 0 Å². The normalized spacial score (nSPS) is 10.6. The van der Waals surface area contributed by atoms with E-state index in [1.54, 1.807) is 121 Å². The second-order valence-corrected chi connectivity index (χ2v) is 9.16. The van der Waals surface area contributed by atoms with Crippen molar-refractivity contribution in [2.45, 2.75) is 0 Å². The van der Waals surface area contributed by atoms with Gasteiger partial charge in [0.25, 0.3) is 0 Å². The minimum Gasteiger partial charge on any atom is -0.412 e. The van der Waals surface area contributed by atoms with Gasteiger partial charge in [0.2, 0.25) is 0 Å². The van der Waals surface area contributed by atoms with Crippen molar-refractivity contribution in [2.75, 3.05) is 0 Å². The summed E-state index contributed by atoms with van der Waals surface area (Å²) in [6, 6.07) is 33.4. The third-order valence-electron chi connectivity index (χ3n) is 3.86. The number of rotatable bonds is 8. The first-order valence-corrected chi connectivity index (χ1v) is 12.9. The zero-order valence-electron chi connectivity index (χ0n) is 18.3. The lowest BCUT2D eigenvalue weighted by Gasteiger charge is -2.13. The molecule has 0 unspecified atom stereocenters. The quantitative estimate of drug-likeness (QED) is 0.284. The van der Waals surface area contributed by atoms with Crippen LogP contribution >= 0.6 is 15.6 Å². The van der Waals surface area contributed by atoms with Gasteiger partial charge in [-0.25, -0.2) is 9.13 Å². The van der Waals surface area contributed by atoms with Crippen molar-refractivity contribution in [3.63, 3.8) is 0 Å². The molecule has 0 saturated carbocycles. The first-order valence-electron chi connectivity index (χ1n) is 9.95. The summed E-state index contributed by atoms with van der Waals surface area (Å²) in [6.07, 6.45) is 0. The first kappa shape index (κ1) is 27.7. The molecule has 0 saturated heterocycles. The maximum Gasteiger partial charge on any atom is 0.584 e. The molecule has 4 rings (SSSR count). The van der Waals surface area contributed by atoms with E-state index in [2.05, 4.69) is 0 Å². The molecule has 0 radical (unpaired) electrons. The Morgan fingerprint density at radius 1 is 0.400 bits per heavy atom. The zero-order valence-corrected chi connectivity index (χ0v) is 20.1. The number of hydrogen-bond acceptors (Lipinski definition) is 6. The standard InChI is InChI=1S/2C12H11O4P.H2O/c2*13-17(14,15-11-7-3-1-4-8-11)16-12-9-5-2-6-10-12;/h2*1-10H,(H,13,14);1H2. The Hall–Kier alpha value is -3.58. The molecule has 35 heavy (non-hydrogen) atoms. The van der Waals surface area contributed by atoms with Gasteiger partial charge in [-0.3, -0.25) is 9.79 Å². The molecule has 4 aromatic carbocycles. The molecule has 0 aliphatic rings. The summed E-state index contributed by atoms with van der Waals surface area (Å²) >= 11 is 0. The number of phosphoric acid groups is 2. The Morgan fingerprint density at radius 2 is 0.571 bits per heavy atom. The van der Waals surface area contributed by atoms with E-state index in [0.29, 0.717) is 0 Å². The molecule has 4 N–H and O–H groups in total. The molecule has 0 spiro atoms. The van der Waals surface area contributed by atoms with Gasteiger partial charge in [0.15, 0.2) is 0 Å². The van der Waals surface area contributed by atoms with Crippen LogP contribution in [0.1, 0.15) is 0 Å². The van der Waals surface area contributed by atoms with Gasteiger partial charge in [-0.1, -0.05) is 72.8 Å². The van der Waals surface area contributed by atoms with Gasteiger partial charge in [-0.05, 0) is 48.5 Å². The molecular weight excluding hydrogens is 494 g/mol. The van der Waals surface area contributed by atoms with Crippen LogP contribution in [-0.4, -0.2) is 15.3 Å². The fourth-order valence-corrected chi connectivity index (χ4v) is 4.12. The second kappa shape index (κ2) is 13.3. The van der Waals surface area contributed by atoms with E-state index in [0.717, 1.165) is 0 Å². The third kappa shape index (κ3) is 10.5. The summed E-state index contributed by atoms with van der Waals surface area (Å²) in [4.78, 5) is 19.1. The van der Waals surface area contributed by atoms with Crippen LogP contribution in [-0.2, 0) is 9.13 Å². The van der Waals surface area contributed by atoms with Crippen molar-refractivity contribution in [1.82, 2.24) is 0 Å². The van der Waals surface area contributed by atoms with Gasteiger partial charge < -0.3 is 23.6 Å². The van der Waals surface area contributed by atoms with Crippen LogP contribution in [0.3, 0.4) is 0 Å². The summed E-state index contributed by atoms with van der Waals surface area (Å²) in [5.74, 6) is 1.15. The van der Waals surface area contributed by atoms with E-state index in [1.807, 2.05) is 0 Å². The SMILES string of the molecule is O.O=P(O)(Oc1ccccc1)Oc1ccccc1.O=P(O)(Oc1ccccc1)Oc1ccccc1. The second-order valence-electron chi connectivity index (χ2n) is 6.55. The third-order valence-corrected chi connectivity index (χ3v) is 5.62. The molecule has 184 valence electrons. The Balaban J connectivity index is 0.000000240. The molecule has 0 aromatic heterocycles. The lowest BCUT2D eigenvalue weighted by molar-refractivity contribution is 0.289. The highest BCUT2D eigenvalue weighted by atomic mass is 31.2. The van der Waals surface area contributed by atoms with Crippen LogP contribution in [0.15, 0.2) is 121 Å². The minimum atomic E-state index is -4.14. The van der Waals surface area contributed by atoms with Crippen molar-refractivity contribution in [3.05, 3.63) is 121 Å². The largest absolute Gasteiger partial charge is 0.584 e. The Labute approximate surface area is 202 Å². The molecule has 0 fully saturated rings. The fourth-order valence-electron chi connectivity index (χ4n) is 2.50. The smallest absolute Gasteiger partial charge is 0.412 e. The van der Waals surface area contributed by atoms with Crippen molar-refractivity contribution < 1.29 is 42.5 Å². The topological polar surface area (TPSA) is 143 Å². The van der Waals surface area contributed by atoms with Crippen LogP contribution in [0.5, 0.6) is 23.0 Å². The molecule has 0 aliphatic carbocycles. The minimum absolute atomic E-state index is 0. The van der Waals surface area contributed by atoms with E-state index < -0.39 is 15.6 Å². The van der Waals surface area contributed by atoms with Crippen LogP contribution < -0.4 is 18.1 Å². The van der Waals surface area contributed by atoms with E-state index in [4.69, 9.17) is 18.1 Å². The summed E-state index contributed by atoms with van der Waals surface area (Å²) in [5, 5.41) is 0. The molecule has 0 heterocycles. The summed E-state index contributed by atoms with van der Waals surface area (Å²) in [7, 11) is -8.27. The van der Waals surface area contributed by atoms with E-state index in [9.17, 15) is 18.9 Å². The Kier molecular flexibility index (Phi) is 10.5. The van der Waals surface area contributed by atoms with Gasteiger partial charge in [0.1, 0.15) is 23.0 Å². The number of para-hydroxylation sites is 4. The molecule has 0 aliphatic heterocycles. The van der Waals surface area contributed by atoms with Crippen molar-refractivity contribution in [1.29, 1.82) is 0 Å². The van der Waals surface area contributed by atoms with E-state index in [1.165, 1.54) is 0 Å².